The summed E-state index contributed by atoms with van der Waals surface area (Å²) in [7, 11) is 0. The molecule has 0 saturated heterocycles. The van der Waals surface area contributed by atoms with Crippen molar-refractivity contribution in [3.63, 3.8) is 0 Å². The molecule has 2 aromatic carbocycles. The Bertz CT molecular complexity index is 981. The standard InChI is InChI=1S/C26H28N2O3/c1-19(21-12-14-24(15-13-21)31-23-9-3-2-4-10-23)26(30)28(22-7-5-6-8-22)25-16-11-20(18-29)17-27-25/h2-4,9-17,19,22,29H,5-8,18H2,1H3. The molecule has 1 amide bonds. The van der Waals surface area contributed by atoms with Crippen molar-refractivity contribution in [2.24, 2.45) is 0 Å². The lowest BCUT2D eigenvalue weighted by Crippen LogP contribution is -2.42. The maximum atomic E-state index is 13.6. The first-order valence-electron chi connectivity index (χ1n) is 10.9. The highest BCUT2D eigenvalue weighted by atomic mass is 16.5. The molecule has 5 heteroatoms. The summed E-state index contributed by atoms with van der Waals surface area (Å²) in [5.41, 5.74) is 1.69. The SMILES string of the molecule is CC(C(=O)N(c1ccc(CO)cn1)C1CCCC1)c1ccc(Oc2ccccc2)cc1. The van der Waals surface area contributed by atoms with Gasteiger partial charge in [0.1, 0.15) is 17.3 Å². The zero-order chi connectivity index (χ0) is 21.6. The van der Waals surface area contributed by atoms with Crippen LogP contribution in [-0.4, -0.2) is 22.0 Å². The van der Waals surface area contributed by atoms with Crippen LogP contribution in [0.1, 0.15) is 49.7 Å². The van der Waals surface area contributed by atoms with Crippen LogP contribution in [0, 0.1) is 0 Å². The van der Waals surface area contributed by atoms with Crippen molar-refractivity contribution >= 4 is 11.7 Å². The first-order chi connectivity index (χ1) is 15.2. The van der Waals surface area contributed by atoms with E-state index in [1.54, 1.807) is 6.20 Å². The van der Waals surface area contributed by atoms with Crippen molar-refractivity contribution in [3.8, 4) is 11.5 Å². The molecule has 1 fully saturated rings. The second-order valence-electron chi connectivity index (χ2n) is 8.04. The number of amides is 1. The lowest BCUT2D eigenvalue weighted by molar-refractivity contribution is -0.120. The Balaban J connectivity index is 1.53. The van der Waals surface area contributed by atoms with Crippen LogP contribution in [-0.2, 0) is 11.4 Å². The minimum Gasteiger partial charge on any atom is -0.457 e. The molecule has 1 aliphatic rings. The Morgan fingerprint density at radius 1 is 1.03 bits per heavy atom. The molecular weight excluding hydrogens is 388 g/mol. The lowest BCUT2D eigenvalue weighted by atomic mass is 9.98. The van der Waals surface area contributed by atoms with E-state index in [0.29, 0.717) is 5.82 Å². The molecule has 1 saturated carbocycles. The largest absolute Gasteiger partial charge is 0.457 e. The number of hydrogen-bond donors (Lipinski definition) is 1. The molecule has 1 aromatic heterocycles. The van der Waals surface area contributed by atoms with Gasteiger partial charge in [0, 0.05) is 12.2 Å². The van der Waals surface area contributed by atoms with Gasteiger partial charge in [0.25, 0.3) is 0 Å². The molecule has 0 bridgehead atoms. The van der Waals surface area contributed by atoms with Crippen molar-refractivity contribution in [2.45, 2.75) is 51.2 Å². The summed E-state index contributed by atoms with van der Waals surface area (Å²) in [6, 6.07) is 21.2. The van der Waals surface area contributed by atoms with Gasteiger partial charge in [-0.25, -0.2) is 4.98 Å². The van der Waals surface area contributed by atoms with Crippen LogP contribution in [0.25, 0.3) is 0 Å². The molecule has 1 unspecified atom stereocenters. The first kappa shape index (κ1) is 21.1. The summed E-state index contributed by atoms with van der Waals surface area (Å²) in [5.74, 6) is 1.93. The smallest absolute Gasteiger partial charge is 0.235 e. The molecule has 0 aliphatic heterocycles. The van der Waals surface area contributed by atoms with E-state index in [2.05, 4.69) is 4.98 Å². The predicted molar refractivity (Wildman–Crippen MR) is 121 cm³/mol. The average Bonchev–Trinajstić information content (AvgIpc) is 3.35. The number of aliphatic hydroxyl groups is 1. The molecule has 160 valence electrons. The molecular formula is C26H28N2O3. The summed E-state index contributed by atoms with van der Waals surface area (Å²) in [6.07, 6.45) is 5.88. The average molecular weight is 417 g/mol. The van der Waals surface area contributed by atoms with E-state index in [9.17, 15) is 9.90 Å². The third-order valence-corrected chi connectivity index (χ3v) is 5.90. The van der Waals surface area contributed by atoms with Crippen molar-refractivity contribution in [1.82, 2.24) is 4.98 Å². The number of para-hydroxylation sites is 1. The van der Waals surface area contributed by atoms with Gasteiger partial charge in [-0.05, 0) is 61.2 Å². The topological polar surface area (TPSA) is 62.7 Å². The third-order valence-electron chi connectivity index (χ3n) is 5.90. The van der Waals surface area contributed by atoms with E-state index in [1.807, 2.05) is 78.6 Å². The number of ether oxygens (including phenoxy) is 1. The number of carbonyl (C=O) groups excluding carboxylic acids is 1. The second kappa shape index (κ2) is 9.75. The number of nitrogens with zero attached hydrogens (tertiary/aromatic N) is 2. The quantitative estimate of drug-likeness (QED) is 0.557. The fraction of sp³-hybridized carbons (Fsp3) is 0.308. The summed E-state index contributed by atoms with van der Waals surface area (Å²) in [4.78, 5) is 19.9. The van der Waals surface area contributed by atoms with Gasteiger partial charge in [-0.15, -0.1) is 0 Å². The van der Waals surface area contributed by atoms with Gasteiger partial charge in [-0.2, -0.15) is 0 Å². The van der Waals surface area contributed by atoms with E-state index in [0.717, 1.165) is 48.3 Å². The number of anilines is 1. The van der Waals surface area contributed by atoms with Crippen LogP contribution in [0.2, 0.25) is 0 Å². The van der Waals surface area contributed by atoms with Gasteiger partial charge in [0.2, 0.25) is 5.91 Å². The predicted octanol–water partition coefficient (Wildman–Crippen LogP) is 5.45. The third kappa shape index (κ3) is 4.94. The van der Waals surface area contributed by atoms with Crippen LogP contribution in [0.3, 0.4) is 0 Å². The highest BCUT2D eigenvalue weighted by Gasteiger charge is 2.32. The van der Waals surface area contributed by atoms with Gasteiger partial charge in [0.05, 0.1) is 12.5 Å². The number of pyridine rings is 1. The van der Waals surface area contributed by atoms with Crippen LogP contribution in [0.5, 0.6) is 11.5 Å². The normalized spacial score (nSPS) is 14.9. The summed E-state index contributed by atoms with van der Waals surface area (Å²) < 4.78 is 5.87. The van der Waals surface area contributed by atoms with E-state index in [1.165, 1.54) is 0 Å². The highest BCUT2D eigenvalue weighted by molar-refractivity contribution is 5.97. The highest BCUT2D eigenvalue weighted by Crippen LogP contribution is 2.31. The van der Waals surface area contributed by atoms with E-state index in [4.69, 9.17) is 4.74 Å². The Morgan fingerprint density at radius 2 is 1.71 bits per heavy atom. The second-order valence-corrected chi connectivity index (χ2v) is 8.04. The number of hydrogen-bond acceptors (Lipinski definition) is 4. The van der Waals surface area contributed by atoms with Gasteiger partial charge in [-0.1, -0.05) is 49.2 Å². The van der Waals surface area contributed by atoms with Gasteiger partial charge >= 0.3 is 0 Å². The minimum absolute atomic E-state index is 0.0490. The summed E-state index contributed by atoms with van der Waals surface area (Å²) >= 11 is 0. The number of rotatable bonds is 7. The molecule has 1 atom stereocenters. The van der Waals surface area contributed by atoms with Crippen LogP contribution in [0.4, 0.5) is 5.82 Å². The van der Waals surface area contributed by atoms with Crippen molar-refractivity contribution in [2.75, 3.05) is 4.90 Å². The van der Waals surface area contributed by atoms with Crippen molar-refractivity contribution in [3.05, 3.63) is 84.1 Å². The number of aromatic nitrogens is 1. The molecule has 1 N–H and O–H groups in total. The molecule has 31 heavy (non-hydrogen) atoms. The van der Waals surface area contributed by atoms with Gasteiger partial charge in [-0.3, -0.25) is 9.69 Å². The molecule has 1 aliphatic carbocycles. The lowest BCUT2D eigenvalue weighted by Gasteiger charge is -2.30. The van der Waals surface area contributed by atoms with Crippen LogP contribution >= 0.6 is 0 Å². The number of benzene rings is 2. The van der Waals surface area contributed by atoms with E-state index < -0.39 is 0 Å². The van der Waals surface area contributed by atoms with Crippen LogP contribution < -0.4 is 9.64 Å². The Labute approximate surface area is 183 Å². The Hall–Kier alpha value is -3.18. The zero-order valence-corrected chi connectivity index (χ0v) is 17.8. The van der Waals surface area contributed by atoms with E-state index in [-0.39, 0.29) is 24.5 Å². The molecule has 4 rings (SSSR count). The number of aliphatic hydroxyl groups excluding tert-OH is 1. The molecule has 0 radical (unpaired) electrons. The van der Waals surface area contributed by atoms with Gasteiger partial charge < -0.3 is 9.84 Å². The Kier molecular flexibility index (Phi) is 6.63. The maximum Gasteiger partial charge on any atom is 0.235 e. The van der Waals surface area contributed by atoms with E-state index >= 15 is 0 Å². The van der Waals surface area contributed by atoms with Crippen molar-refractivity contribution in [1.29, 1.82) is 0 Å². The Morgan fingerprint density at radius 3 is 2.32 bits per heavy atom. The van der Waals surface area contributed by atoms with Crippen LogP contribution in [0.15, 0.2) is 72.9 Å². The molecule has 5 nitrogen and oxygen atoms in total. The van der Waals surface area contributed by atoms with Crippen molar-refractivity contribution < 1.29 is 14.6 Å². The molecule has 1 heterocycles. The summed E-state index contributed by atoms with van der Waals surface area (Å²) in [6.45, 7) is 1.89. The fourth-order valence-electron chi connectivity index (χ4n) is 4.10. The zero-order valence-electron chi connectivity index (χ0n) is 17.8. The van der Waals surface area contributed by atoms with Gasteiger partial charge in [0.15, 0.2) is 0 Å². The summed E-state index contributed by atoms with van der Waals surface area (Å²) in [5, 5.41) is 9.31. The molecule has 3 aromatic rings. The minimum atomic E-state index is -0.300. The monoisotopic (exact) mass is 416 g/mol. The number of carbonyl (C=O) groups is 1. The first-order valence-corrected chi connectivity index (χ1v) is 10.9. The maximum absolute atomic E-state index is 13.6. The molecule has 0 spiro atoms. The fourth-order valence-corrected chi connectivity index (χ4v) is 4.10.